The summed E-state index contributed by atoms with van der Waals surface area (Å²) >= 11 is 0. The summed E-state index contributed by atoms with van der Waals surface area (Å²) in [7, 11) is 0. The maximum atomic E-state index is 12.0. The number of oxime groups is 1. The van der Waals surface area contributed by atoms with Crippen LogP contribution in [0.3, 0.4) is 0 Å². The van der Waals surface area contributed by atoms with Crippen LogP contribution in [-0.4, -0.2) is 18.1 Å². The second-order valence-corrected chi connectivity index (χ2v) is 9.79. The van der Waals surface area contributed by atoms with Gasteiger partial charge in [0.15, 0.2) is 5.78 Å². The highest BCUT2D eigenvalue weighted by Gasteiger charge is 2.59. The minimum atomic E-state index is 0.282. The lowest BCUT2D eigenvalue weighted by atomic mass is 9.46. The van der Waals surface area contributed by atoms with E-state index in [1.165, 1.54) is 43.4 Å². The zero-order valence-electron chi connectivity index (χ0n) is 17.0. The molecule has 4 aliphatic carbocycles. The highest BCUT2D eigenvalue weighted by molar-refractivity contribution is 5.91. The van der Waals surface area contributed by atoms with E-state index >= 15 is 0 Å². The van der Waals surface area contributed by atoms with Crippen molar-refractivity contribution in [3.63, 3.8) is 0 Å². The van der Waals surface area contributed by atoms with Crippen LogP contribution >= 0.6 is 0 Å². The third kappa shape index (κ3) is 2.60. The molecule has 0 radical (unpaired) electrons. The van der Waals surface area contributed by atoms with Gasteiger partial charge in [-0.1, -0.05) is 24.6 Å². The molecule has 3 nitrogen and oxygen atoms in total. The first-order valence-electron chi connectivity index (χ1n) is 10.8. The Labute approximate surface area is 158 Å². The van der Waals surface area contributed by atoms with E-state index in [0.29, 0.717) is 23.7 Å². The molecule has 0 saturated heterocycles. The summed E-state index contributed by atoms with van der Waals surface area (Å²) in [6, 6.07) is 0. The second kappa shape index (κ2) is 6.49. The van der Waals surface area contributed by atoms with Crippen molar-refractivity contribution in [2.24, 2.45) is 39.7 Å². The number of rotatable bonds is 3. The number of carbonyl (C=O) groups is 1. The Morgan fingerprint density at radius 2 is 1.96 bits per heavy atom. The van der Waals surface area contributed by atoms with Crippen LogP contribution in [0.1, 0.15) is 79.1 Å². The lowest BCUT2D eigenvalue weighted by Crippen LogP contribution is -2.51. The summed E-state index contributed by atoms with van der Waals surface area (Å²) in [5, 5.41) is 4.42. The first-order chi connectivity index (χ1) is 12.4. The predicted molar refractivity (Wildman–Crippen MR) is 105 cm³/mol. The van der Waals surface area contributed by atoms with Crippen LogP contribution < -0.4 is 0 Å². The molecular weight excluding hydrogens is 322 g/mol. The Balaban J connectivity index is 1.60. The number of hydrogen-bond donors (Lipinski definition) is 0. The predicted octanol–water partition coefficient (Wildman–Crippen LogP) is 5.55. The highest BCUT2D eigenvalue weighted by Crippen LogP contribution is 2.66. The Morgan fingerprint density at radius 3 is 2.73 bits per heavy atom. The van der Waals surface area contributed by atoms with Crippen molar-refractivity contribution < 1.29 is 9.63 Å². The first-order valence-corrected chi connectivity index (χ1v) is 10.8. The monoisotopic (exact) mass is 357 g/mol. The van der Waals surface area contributed by atoms with Crippen LogP contribution in [0, 0.1) is 34.5 Å². The van der Waals surface area contributed by atoms with E-state index in [0.717, 1.165) is 37.0 Å². The van der Waals surface area contributed by atoms with Gasteiger partial charge < -0.3 is 4.84 Å². The summed E-state index contributed by atoms with van der Waals surface area (Å²) in [4.78, 5) is 17.3. The van der Waals surface area contributed by atoms with Gasteiger partial charge in [-0.2, -0.15) is 0 Å². The average Bonchev–Trinajstić information content (AvgIpc) is 2.97. The maximum Gasteiger partial charge on any atom is 0.155 e. The van der Waals surface area contributed by atoms with Gasteiger partial charge in [-0.3, -0.25) is 4.79 Å². The van der Waals surface area contributed by atoms with E-state index < -0.39 is 0 Å². The van der Waals surface area contributed by atoms with Gasteiger partial charge in [0, 0.05) is 12.3 Å². The Morgan fingerprint density at radius 1 is 1.15 bits per heavy atom. The van der Waals surface area contributed by atoms with Gasteiger partial charge in [0.25, 0.3) is 0 Å². The van der Waals surface area contributed by atoms with Gasteiger partial charge in [0.1, 0.15) is 6.61 Å². The fourth-order valence-corrected chi connectivity index (χ4v) is 7.48. The molecular formula is C23H35NO2. The van der Waals surface area contributed by atoms with Crippen molar-refractivity contribution in [3.8, 4) is 0 Å². The molecule has 0 aromatic heterocycles. The molecule has 0 aliphatic heterocycles. The Hall–Kier alpha value is -1.12. The lowest BCUT2D eigenvalue weighted by molar-refractivity contribution is -0.117. The van der Waals surface area contributed by atoms with Crippen LogP contribution in [0.25, 0.3) is 0 Å². The molecule has 3 heteroatoms. The topological polar surface area (TPSA) is 38.7 Å². The molecule has 0 heterocycles. The number of carbonyl (C=O) groups excluding carboxylic acids is 1. The standard InChI is InChI=1S/C23H35NO2/c1-5-26-24-15(2)19-8-9-20-18-7-6-16-14-17(25)10-12-22(16,3)21(18)11-13-23(19,20)4/h14,18-21H,5-13H2,1-4H3/b24-15+/t18-,19+,20?,21?,22-,23+/m0/s1. The van der Waals surface area contributed by atoms with Crippen LogP contribution in [0.15, 0.2) is 16.8 Å². The largest absolute Gasteiger partial charge is 0.396 e. The van der Waals surface area contributed by atoms with E-state index in [1.807, 2.05) is 13.0 Å². The Kier molecular flexibility index (Phi) is 4.56. The van der Waals surface area contributed by atoms with E-state index in [-0.39, 0.29) is 5.41 Å². The van der Waals surface area contributed by atoms with Gasteiger partial charge in [0.05, 0.1) is 5.71 Å². The van der Waals surface area contributed by atoms with Gasteiger partial charge in [-0.15, -0.1) is 0 Å². The number of ketones is 1. The number of fused-ring (bicyclic) bond motifs is 5. The van der Waals surface area contributed by atoms with E-state index in [4.69, 9.17) is 4.84 Å². The summed E-state index contributed by atoms with van der Waals surface area (Å²) < 4.78 is 0. The minimum absolute atomic E-state index is 0.282. The molecule has 3 saturated carbocycles. The van der Waals surface area contributed by atoms with Crippen molar-refractivity contribution in [1.29, 1.82) is 0 Å². The van der Waals surface area contributed by atoms with Crippen molar-refractivity contribution >= 4 is 11.5 Å². The van der Waals surface area contributed by atoms with E-state index in [9.17, 15) is 4.79 Å². The van der Waals surface area contributed by atoms with Gasteiger partial charge >= 0.3 is 0 Å². The zero-order chi connectivity index (χ0) is 18.5. The molecule has 4 rings (SSSR count). The normalized spacial score (nSPS) is 45.5. The van der Waals surface area contributed by atoms with Crippen LogP contribution in [0.4, 0.5) is 0 Å². The Bertz CT molecular complexity index is 651. The summed E-state index contributed by atoms with van der Waals surface area (Å²) in [5.41, 5.74) is 3.35. The molecule has 26 heavy (non-hydrogen) atoms. The molecule has 144 valence electrons. The van der Waals surface area contributed by atoms with E-state index in [1.54, 1.807) is 0 Å². The van der Waals surface area contributed by atoms with Gasteiger partial charge in [-0.05, 0) is 93.5 Å². The van der Waals surface area contributed by atoms with Crippen molar-refractivity contribution in [2.75, 3.05) is 6.61 Å². The van der Waals surface area contributed by atoms with E-state index in [2.05, 4.69) is 25.9 Å². The fourth-order valence-electron chi connectivity index (χ4n) is 7.48. The number of hydrogen-bond acceptors (Lipinski definition) is 3. The van der Waals surface area contributed by atoms with Crippen molar-refractivity contribution in [3.05, 3.63) is 11.6 Å². The molecule has 3 fully saturated rings. The average molecular weight is 358 g/mol. The van der Waals surface area contributed by atoms with Crippen LogP contribution in [-0.2, 0) is 9.63 Å². The number of allylic oxidation sites excluding steroid dienone is 1. The lowest BCUT2D eigenvalue weighted by Gasteiger charge is -2.58. The minimum Gasteiger partial charge on any atom is -0.396 e. The molecule has 0 N–H and O–H groups in total. The molecule has 0 aromatic carbocycles. The molecule has 0 bridgehead atoms. The molecule has 4 aliphatic rings. The van der Waals surface area contributed by atoms with Crippen LogP contribution in [0.5, 0.6) is 0 Å². The summed E-state index contributed by atoms with van der Waals surface area (Å²) in [6.07, 6.45) is 11.5. The van der Waals surface area contributed by atoms with Gasteiger partial charge in [0.2, 0.25) is 0 Å². The summed E-state index contributed by atoms with van der Waals surface area (Å²) in [5.74, 6) is 3.36. The molecule has 0 amide bonds. The van der Waals surface area contributed by atoms with Crippen LogP contribution in [0.2, 0.25) is 0 Å². The summed E-state index contributed by atoms with van der Waals surface area (Å²) in [6.45, 7) is 9.84. The third-order valence-electron chi connectivity index (χ3n) is 8.80. The zero-order valence-corrected chi connectivity index (χ0v) is 17.0. The highest BCUT2D eigenvalue weighted by atomic mass is 16.6. The number of nitrogens with zero attached hydrogens (tertiary/aromatic N) is 1. The fraction of sp³-hybridized carbons (Fsp3) is 0.826. The van der Waals surface area contributed by atoms with Crippen molar-refractivity contribution in [2.45, 2.75) is 79.1 Å². The SMILES string of the molecule is CCO/N=C(\C)[C@H]1CCC2[C@@H]3CCC4=CC(=O)CC[C@]4(C)C3CC[C@@]21C. The van der Waals surface area contributed by atoms with Crippen molar-refractivity contribution in [1.82, 2.24) is 0 Å². The molecule has 6 atom stereocenters. The molecule has 2 unspecified atom stereocenters. The maximum absolute atomic E-state index is 12.0. The smallest absolute Gasteiger partial charge is 0.155 e. The molecule has 0 aromatic rings. The first kappa shape index (κ1) is 18.3. The quantitative estimate of drug-likeness (QED) is 0.491. The van der Waals surface area contributed by atoms with Gasteiger partial charge in [-0.25, -0.2) is 0 Å². The molecule has 0 spiro atoms. The second-order valence-electron chi connectivity index (χ2n) is 9.79. The third-order valence-corrected chi connectivity index (χ3v) is 8.80.